The molecule has 0 saturated heterocycles. The van der Waals surface area contributed by atoms with E-state index in [1.165, 1.54) is 11.6 Å². The highest BCUT2D eigenvalue weighted by Gasteiger charge is 2.16. The quantitative estimate of drug-likeness (QED) is 0.473. The number of fused-ring (bicyclic) bond motifs is 1. The normalized spacial score (nSPS) is 12.5. The van der Waals surface area contributed by atoms with Gasteiger partial charge in [-0.15, -0.1) is 0 Å². The van der Waals surface area contributed by atoms with Crippen molar-refractivity contribution in [1.29, 1.82) is 0 Å². The first-order valence-corrected chi connectivity index (χ1v) is 8.25. The fraction of sp³-hybridized carbons (Fsp3) is 0.312. The van der Waals surface area contributed by atoms with Gasteiger partial charge in [0.25, 0.3) is 5.56 Å². The SMILES string of the molecule is Cn1c(=O)n(Cc2ccc(Cl)cc2)c(=O)c2[nH]c(NC[C@H](O)CO)nc21. The van der Waals surface area contributed by atoms with Gasteiger partial charge in [-0.2, -0.15) is 4.98 Å². The third kappa shape index (κ3) is 3.50. The Bertz CT molecular complexity index is 1040. The largest absolute Gasteiger partial charge is 0.394 e. The van der Waals surface area contributed by atoms with E-state index in [1.54, 1.807) is 24.3 Å². The van der Waals surface area contributed by atoms with Crippen molar-refractivity contribution < 1.29 is 10.2 Å². The maximum Gasteiger partial charge on any atom is 0.332 e. The second kappa shape index (κ2) is 7.32. The molecule has 2 heterocycles. The number of aliphatic hydroxyl groups is 2. The van der Waals surface area contributed by atoms with Gasteiger partial charge in [-0.1, -0.05) is 23.7 Å². The molecule has 10 heteroatoms. The van der Waals surface area contributed by atoms with Gasteiger partial charge in [0, 0.05) is 18.6 Å². The summed E-state index contributed by atoms with van der Waals surface area (Å²) >= 11 is 5.86. The number of H-pyrrole nitrogens is 1. The minimum Gasteiger partial charge on any atom is -0.394 e. The number of benzene rings is 1. The van der Waals surface area contributed by atoms with Gasteiger partial charge in [0.1, 0.15) is 0 Å². The van der Waals surface area contributed by atoms with E-state index < -0.39 is 24.0 Å². The number of aromatic amines is 1. The highest BCUT2D eigenvalue weighted by Crippen LogP contribution is 2.11. The Morgan fingerprint density at radius 1 is 1.31 bits per heavy atom. The molecule has 3 aromatic rings. The molecule has 0 spiro atoms. The van der Waals surface area contributed by atoms with Gasteiger partial charge in [0.15, 0.2) is 11.2 Å². The number of hydrogen-bond donors (Lipinski definition) is 4. The standard InChI is InChI=1S/C16H18ClN5O4/c1-21-13-12(19-15(20-13)18-6-11(24)8-23)14(25)22(16(21)26)7-9-2-4-10(17)5-3-9/h2-5,11,23-24H,6-8H2,1H3,(H2,18,19,20)/t11-/m0/s1. The van der Waals surface area contributed by atoms with Crippen LogP contribution in [0.25, 0.3) is 11.2 Å². The Morgan fingerprint density at radius 2 is 2.00 bits per heavy atom. The van der Waals surface area contributed by atoms with Crippen LogP contribution >= 0.6 is 11.6 Å². The van der Waals surface area contributed by atoms with E-state index in [0.717, 1.165) is 10.1 Å². The first-order valence-electron chi connectivity index (χ1n) is 7.87. The average molecular weight is 380 g/mol. The van der Waals surface area contributed by atoms with E-state index in [1.807, 2.05) is 0 Å². The van der Waals surface area contributed by atoms with Gasteiger partial charge in [0.05, 0.1) is 19.3 Å². The van der Waals surface area contributed by atoms with Crippen molar-refractivity contribution in [1.82, 2.24) is 19.1 Å². The van der Waals surface area contributed by atoms with Crippen LogP contribution in [0.2, 0.25) is 5.02 Å². The highest BCUT2D eigenvalue weighted by atomic mass is 35.5. The van der Waals surface area contributed by atoms with Crippen molar-refractivity contribution in [2.24, 2.45) is 7.05 Å². The van der Waals surface area contributed by atoms with E-state index >= 15 is 0 Å². The van der Waals surface area contributed by atoms with Crippen LogP contribution in [0.4, 0.5) is 5.95 Å². The van der Waals surface area contributed by atoms with Gasteiger partial charge >= 0.3 is 5.69 Å². The van der Waals surface area contributed by atoms with Crippen molar-refractivity contribution in [3.8, 4) is 0 Å². The summed E-state index contributed by atoms with van der Waals surface area (Å²) in [6, 6.07) is 6.87. The molecule has 1 aromatic carbocycles. The van der Waals surface area contributed by atoms with Crippen LogP contribution in [0.3, 0.4) is 0 Å². The van der Waals surface area contributed by atoms with Gasteiger partial charge in [-0.25, -0.2) is 4.79 Å². The van der Waals surface area contributed by atoms with Crippen LogP contribution in [0.15, 0.2) is 33.9 Å². The van der Waals surface area contributed by atoms with Crippen LogP contribution in [0.1, 0.15) is 5.56 Å². The van der Waals surface area contributed by atoms with Crippen molar-refractivity contribution >= 4 is 28.7 Å². The summed E-state index contributed by atoms with van der Waals surface area (Å²) in [4.78, 5) is 32.3. The third-order valence-electron chi connectivity index (χ3n) is 3.95. The molecule has 0 aliphatic heterocycles. The van der Waals surface area contributed by atoms with Crippen LogP contribution in [0.5, 0.6) is 0 Å². The topological polar surface area (TPSA) is 125 Å². The smallest absolute Gasteiger partial charge is 0.332 e. The summed E-state index contributed by atoms with van der Waals surface area (Å²) < 4.78 is 2.38. The molecule has 2 aromatic heterocycles. The number of nitrogens with one attached hydrogen (secondary N) is 2. The summed E-state index contributed by atoms with van der Waals surface area (Å²) in [6.45, 7) is -0.257. The zero-order valence-electron chi connectivity index (χ0n) is 13.9. The fourth-order valence-electron chi connectivity index (χ4n) is 2.52. The zero-order chi connectivity index (χ0) is 18.8. The van der Waals surface area contributed by atoms with Gasteiger partial charge < -0.3 is 20.5 Å². The minimum absolute atomic E-state index is 0.0449. The molecule has 26 heavy (non-hydrogen) atoms. The maximum atomic E-state index is 12.7. The molecule has 0 radical (unpaired) electrons. The number of aliphatic hydroxyl groups excluding tert-OH is 2. The molecule has 0 bridgehead atoms. The summed E-state index contributed by atoms with van der Waals surface area (Å²) in [6.07, 6.45) is -0.964. The fourth-order valence-corrected chi connectivity index (χ4v) is 2.65. The highest BCUT2D eigenvalue weighted by molar-refractivity contribution is 6.30. The summed E-state index contributed by atoms with van der Waals surface area (Å²) in [7, 11) is 1.52. The Hall–Kier alpha value is -2.62. The lowest BCUT2D eigenvalue weighted by atomic mass is 10.2. The van der Waals surface area contributed by atoms with Crippen molar-refractivity contribution in [2.45, 2.75) is 12.6 Å². The number of aryl methyl sites for hydroxylation is 1. The van der Waals surface area contributed by atoms with Crippen molar-refractivity contribution in [2.75, 3.05) is 18.5 Å². The average Bonchev–Trinajstić information content (AvgIpc) is 3.07. The summed E-state index contributed by atoms with van der Waals surface area (Å²) in [5.41, 5.74) is 0.138. The molecule has 9 nitrogen and oxygen atoms in total. The van der Waals surface area contributed by atoms with Gasteiger partial charge in [-0.3, -0.25) is 13.9 Å². The Kier molecular flexibility index (Phi) is 5.12. The predicted molar refractivity (Wildman–Crippen MR) is 97.7 cm³/mol. The van der Waals surface area contributed by atoms with E-state index in [2.05, 4.69) is 15.3 Å². The Morgan fingerprint density at radius 3 is 2.65 bits per heavy atom. The predicted octanol–water partition coefficient (Wildman–Crippen LogP) is -0.110. The van der Waals surface area contributed by atoms with Crippen LogP contribution in [0, 0.1) is 0 Å². The third-order valence-corrected chi connectivity index (χ3v) is 4.20. The number of anilines is 1. The number of aromatic nitrogens is 4. The number of nitrogens with zero attached hydrogens (tertiary/aromatic N) is 3. The molecule has 3 rings (SSSR count). The second-order valence-electron chi connectivity index (χ2n) is 5.86. The summed E-state index contributed by atoms with van der Waals surface area (Å²) in [5, 5.41) is 21.6. The van der Waals surface area contributed by atoms with Gasteiger partial charge in [-0.05, 0) is 17.7 Å². The molecule has 0 unspecified atom stereocenters. The lowest BCUT2D eigenvalue weighted by Gasteiger charge is -2.07. The molecule has 138 valence electrons. The second-order valence-corrected chi connectivity index (χ2v) is 6.30. The maximum absolute atomic E-state index is 12.7. The lowest BCUT2D eigenvalue weighted by molar-refractivity contribution is 0.105. The lowest BCUT2D eigenvalue weighted by Crippen LogP contribution is -2.39. The molecule has 0 aliphatic rings. The first-order chi connectivity index (χ1) is 12.4. The number of rotatable bonds is 6. The first kappa shape index (κ1) is 18.2. The van der Waals surface area contributed by atoms with Crippen molar-refractivity contribution in [3.63, 3.8) is 0 Å². The number of imidazole rings is 1. The Labute approximate surface area is 152 Å². The number of hydrogen-bond acceptors (Lipinski definition) is 6. The summed E-state index contributed by atoms with van der Waals surface area (Å²) in [5.74, 6) is 0.226. The van der Waals surface area contributed by atoms with E-state index in [4.69, 9.17) is 16.7 Å². The molecule has 1 atom stereocenters. The van der Waals surface area contributed by atoms with E-state index in [9.17, 15) is 14.7 Å². The van der Waals surface area contributed by atoms with E-state index in [-0.39, 0.29) is 30.2 Å². The van der Waals surface area contributed by atoms with Crippen molar-refractivity contribution in [3.05, 3.63) is 55.7 Å². The molecule has 0 fully saturated rings. The number of halogens is 1. The van der Waals surface area contributed by atoms with Gasteiger partial charge in [0.2, 0.25) is 5.95 Å². The molecule has 0 amide bonds. The Balaban J connectivity index is 2.01. The minimum atomic E-state index is -0.964. The van der Waals surface area contributed by atoms with E-state index in [0.29, 0.717) is 5.02 Å². The zero-order valence-corrected chi connectivity index (χ0v) is 14.7. The van der Waals surface area contributed by atoms with Crippen LogP contribution < -0.4 is 16.6 Å². The van der Waals surface area contributed by atoms with Crippen LogP contribution in [-0.4, -0.2) is 48.6 Å². The molecule has 0 saturated carbocycles. The molecule has 0 aliphatic carbocycles. The van der Waals surface area contributed by atoms with Crippen LogP contribution in [-0.2, 0) is 13.6 Å². The monoisotopic (exact) mass is 379 g/mol. The molecular weight excluding hydrogens is 362 g/mol. The molecular formula is C16H18ClN5O4. The molecule has 4 N–H and O–H groups in total.